The molecule has 0 radical (unpaired) electrons. The SMILES string of the molecule is CCc1cc(N2CCC(NC(=O)[C@H]3CCCCN3)CC2)ncn1. The second-order valence-electron chi connectivity index (χ2n) is 6.49. The molecule has 2 N–H and O–H groups in total. The van der Waals surface area contributed by atoms with Crippen LogP contribution in [0.25, 0.3) is 0 Å². The van der Waals surface area contributed by atoms with E-state index in [-0.39, 0.29) is 18.0 Å². The molecule has 3 heterocycles. The standard InChI is InChI=1S/C17H27N5O/c1-2-13-11-16(20-12-19-13)22-9-6-14(7-10-22)21-17(23)15-5-3-4-8-18-15/h11-12,14-15,18H,2-10H2,1H3,(H,21,23)/t15-/m1/s1. The number of nitrogens with zero attached hydrogens (tertiary/aromatic N) is 3. The van der Waals surface area contributed by atoms with Crippen LogP contribution in [-0.4, -0.2) is 47.6 Å². The van der Waals surface area contributed by atoms with Crippen molar-refractivity contribution < 1.29 is 4.79 Å². The summed E-state index contributed by atoms with van der Waals surface area (Å²) in [5.74, 6) is 1.19. The van der Waals surface area contributed by atoms with Crippen molar-refractivity contribution in [3.63, 3.8) is 0 Å². The van der Waals surface area contributed by atoms with Gasteiger partial charge in [0, 0.05) is 30.9 Å². The van der Waals surface area contributed by atoms with Crippen LogP contribution in [0, 0.1) is 0 Å². The summed E-state index contributed by atoms with van der Waals surface area (Å²) in [6.45, 7) is 4.93. The third-order valence-electron chi connectivity index (χ3n) is 4.86. The van der Waals surface area contributed by atoms with Gasteiger partial charge in [-0.3, -0.25) is 4.79 Å². The van der Waals surface area contributed by atoms with Crippen LogP contribution in [0.5, 0.6) is 0 Å². The zero-order valence-corrected chi connectivity index (χ0v) is 13.9. The molecule has 2 aliphatic rings. The fraction of sp³-hybridized carbons (Fsp3) is 0.706. The number of nitrogens with one attached hydrogen (secondary N) is 2. The predicted octanol–water partition coefficient (Wildman–Crippen LogP) is 1.27. The Morgan fingerprint density at radius 2 is 2.13 bits per heavy atom. The Hall–Kier alpha value is -1.69. The summed E-state index contributed by atoms with van der Waals surface area (Å²) in [4.78, 5) is 23.2. The highest BCUT2D eigenvalue weighted by Gasteiger charge is 2.26. The Bertz CT molecular complexity index is 521. The first-order valence-corrected chi connectivity index (χ1v) is 8.86. The molecule has 1 aromatic rings. The van der Waals surface area contributed by atoms with E-state index >= 15 is 0 Å². The number of carbonyl (C=O) groups excluding carboxylic acids is 1. The number of anilines is 1. The molecule has 2 saturated heterocycles. The molecule has 6 heteroatoms. The van der Waals surface area contributed by atoms with Gasteiger partial charge in [-0.15, -0.1) is 0 Å². The highest BCUT2D eigenvalue weighted by atomic mass is 16.2. The lowest BCUT2D eigenvalue weighted by Crippen LogP contribution is -2.52. The summed E-state index contributed by atoms with van der Waals surface area (Å²) >= 11 is 0. The Morgan fingerprint density at radius 1 is 1.30 bits per heavy atom. The van der Waals surface area contributed by atoms with Crippen molar-refractivity contribution in [3.05, 3.63) is 18.1 Å². The van der Waals surface area contributed by atoms with Gasteiger partial charge in [0.1, 0.15) is 12.1 Å². The largest absolute Gasteiger partial charge is 0.356 e. The quantitative estimate of drug-likeness (QED) is 0.875. The highest BCUT2D eigenvalue weighted by Crippen LogP contribution is 2.18. The fourth-order valence-electron chi connectivity index (χ4n) is 3.38. The van der Waals surface area contributed by atoms with Gasteiger partial charge in [0.25, 0.3) is 0 Å². The van der Waals surface area contributed by atoms with Crippen LogP contribution in [-0.2, 0) is 11.2 Å². The molecule has 0 unspecified atom stereocenters. The van der Waals surface area contributed by atoms with Crippen molar-refractivity contribution in [2.45, 2.75) is 57.5 Å². The summed E-state index contributed by atoms with van der Waals surface area (Å²) in [7, 11) is 0. The molecular weight excluding hydrogens is 290 g/mol. The van der Waals surface area contributed by atoms with Crippen molar-refractivity contribution in [2.75, 3.05) is 24.5 Å². The van der Waals surface area contributed by atoms with E-state index in [0.29, 0.717) is 0 Å². The number of carbonyl (C=O) groups is 1. The molecular formula is C17H27N5O. The topological polar surface area (TPSA) is 70.2 Å². The van der Waals surface area contributed by atoms with E-state index in [1.54, 1.807) is 6.33 Å². The van der Waals surface area contributed by atoms with Crippen LogP contribution in [0.1, 0.15) is 44.7 Å². The Balaban J connectivity index is 1.49. The van der Waals surface area contributed by atoms with E-state index in [1.165, 1.54) is 6.42 Å². The second-order valence-corrected chi connectivity index (χ2v) is 6.49. The fourth-order valence-corrected chi connectivity index (χ4v) is 3.38. The minimum absolute atomic E-state index is 0.00996. The van der Waals surface area contributed by atoms with Crippen molar-refractivity contribution >= 4 is 11.7 Å². The first-order chi connectivity index (χ1) is 11.3. The summed E-state index contributed by atoms with van der Waals surface area (Å²) in [6.07, 6.45) is 7.82. The van der Waals surface area contributed by atoms with Crippen molar-refractivity contribution in [2.24, 2.45) is 0 Å². The molecule has 2 aliphatic heterocycles. The molecule has 2 fully saturated rings. The lowest BCUT2D eigenvalue weighted by atomic mass is 10.0. The molecule has 0 saturated carbocycles. The van der Waals surface area contributed by atoms with Crippen LogP contribution < -0.4 is 15.5 Å². The van der Waals surface area contributed by atoms with E-state index < -0.39 is 0 Å². The van der Waals surface area contributed by atoms with E-state index in [1.807, 2.05) is 0 Å². The maximum absolute atomic E-state index is 12.3. The molecule has 23 heavy (non-hydrogen) atoms. The van der Waals surface area contributed by atoms with Crippen LogP contribution in [0.3, 0.4) is 0 Å². The summed E-state index contributed by atoms with van der Waals surface area (Å²) < 4.78 is 0. The summed E-state index contributed by atoms with van der Waals surface area (Å²) in [6, 6.07) is 2.37. The molecule has 6 nitrogen and oxygen atoms in total. The minimum atomic E-state index is 0.00996. The lowest BCUT2D eigenvalue weighted by Gasteiger charge is -2.34. The zero-order chi connectivity index (χ0) is 16.1. The number of hydrogen-bond donors (Lipinski definition) is 2. The van der Waals surface area contributed by atoms with E-state index in [0.717, 1.165) is 63.3 Å². The lowest BCUT2D eigenvalue weighted by molar-refractivity contribution is -0.124. The first kappa shape index (κ1) is 16.2. The number of aromatic nitrogens is 2. The van der Waals surface area contributed by atoms with Crippen LogP contribution in [0.4, 0.5) is 5.82 Å². The van der Waals surface area contributed by atoms with E-state index in [2.05, 4.69) is 38.5 Å². The predicted molar refractivity (Wildman–Crippen MR) is 90.4 cm³/mol. The molecule has 0 spiro atoms. The molecule has 1 aromatic heterocycles. The Morgan fingerprint density at radius 3 is 2.83 bits per heavy atom. The zero-order valence-electron chi connectivity index (χ0n) is 13.9. The van der Waals surface area contributed by atoms with Gasteiger partial charge in [-0.25, -0.2) is 9.97 Å². The average molecular weight is 317 g/mol. The number of aryl methyl sites for hydroxylation is 1. The first-order valence-electron chi connectivity index (χ1n) is 8.86. The van der Waals surface area contributed by atoms with Gasteiger partial charge in [-0.05, 0) is 38.6 Å². The molecule has 0 aromatic carbocycles. The smallest absolute Gasteiger partial charge is 0.237 e. The normalized spacial score (nSPS) is 22.8. The third kappa shape index (κ3) is 4.19. The summed E-state index contributed by atoms with van der Waals surface area (Å²) in [5.41, 5.74) is 1.08. The average Bonchev–Trinajstić information content (AvgIpc) is 2.63. The highest BCUT2D eigenvalue weighted by molar-refractivity contribution is 5.82. The molecule has 0 bridgehead atoms. The van der Waals surface area contributed by atoms with Crippen molar-refractivity contribution in [3.8, 4) is 0 Å². The molecule has 0 aliphatic carbocycles. The van der Waals surface area contributed by atoms with Gasteiger partial charge in [0.15, 0.2) is 0 Å². The summed E-state index contributed by atoms with van der Waals surface area (Å²) in [5, 5.41) is 6.54. The Labute approximate surface area is 138 Å². The number of hydrogen-bond acceptors (Lipinski definition) is 5. The number of amides is 1. The Kier molecular flexibility index (Phi) is 5.43. The molecule has 3 rings (SSSR count). The van der Waals surface area contributed by atoms with Gasteiger partial charge in [0.2, 0.25) is 5.91 Å². The van der Waals surface area contributed by atoms with Gasteiger partial charge in [-0.1, -0.05) is 13.3 Å². The second kappa shape index (κ2) is 7.73. The van der Waals surface area contributed by atoms with Crippen molar-refractivity contribution in [1.29, 1.82) is 0 Å². The molecule has 1 atom stereocenters. The van der Waals surface area contributed by atoms with Gasteiger partial charge < -0.3 is 15.5 Å². The van der Waals surface area contributed by atoms with Gasteiger partial charge in [0.05, 0.1) is 6.04 Å². The van der Waals surface area contributed by atoms with E-state index in [4.69, 9.17) is 0 Å². The number of rotatable bonds is 4. The monoisotopic (exact) mass is 317 g/mol. The van der Waals surface area contributed by atoms with Gasteiger partial charge in [-0.2, -0.15) is 0 Å². The maximum atomic E-state index is 12.3. The van der Waals surface area contributed by atoms with Crippen molar-refractivity contribution in [1.82, 2.24) is 20.6 Å². The third-order valence-corrected chi connectivity index (χ3v) is 4.86. The minimum Gasteiger partial charge on any atom is -0.356 e. The van der Waals surface area contributed by atoms with Crippen LogP contribution in [0.2, 0.25) is 0 Å². The molecule has 126 valence electrons. The van der Waals surface area contributed by atoms with Crippen LogP contribution >= 0.6 is 0 Å². The maximum Gasteiger partial charge on any atom is 0.237 e. The van der Waals surface area contributed by atoms with Crippen LogP contribution in [0.15, 0.2) is 12.4 Å². The number of piperidine rings is 2. The molecule has 1 amide bonds. The van der Waals surface area contributed by atoms with Gasteiger partial charge >= 0.3 is 0 Å². The van der Waals surface area contributed by atoms with E-state index in [9.17, 15) is 4.79 Å².